The highest BCUT2D eigenvalue weighted by Gasteiger charge is 2.35. The van der Waals surface area contributed by atoms with Crippen LogP contribution in [0.15, 0.2) is 36.7 Å². The Morgan fingerprint density at radius 1 is 1.11 bits per heavy atom. The molecule has 0 unspecified atom stereocenters. The first-order valence-electron chi connectivity index (χ1n) is 16.7. The largest absolute Gasteiger partial charge is 0.381 e. The fourth-order valence-corrected chi connectivity index (χ4v) is 7.33. The van der Waals surface area contributed by atoms with Gasteiger partial charge in [0.25, 0.3) is 5.91 Å². The number of likely N-dealkylation sites (tertiary alicyclic amines) is 2. The van der Waals surface area contributed by atoms with E-state index in [1.54, 1.807) is 11.0 Å². The molecule has 0 bridgehead atoms. The standard InChI is InChI=1S/C36H52FN5O2/c1-8-41(25(4)5)36(43)33-19-29(37)11-12-31(33)32-18-27(23-42-26(6)38-20-35(32)42)28-21-40(22-28)34(24(2)3)10-9-15-39-16-13-30(44-7)14-17-39/h11-12,18-20,23-25,28,30,34H,8-10,13-17,21-22H2,1-7H3/t34-/m1/s1. The van der Waals surface area contributed by atoms with Gasteiger partial charge in [-0.25, -0.2) is 9.37 Å². The first-order valence-corrected chi connectivity index (χ1v) is 16.7. The molecule has 8 heteroatoms. The number of rotatable bonds is 12. The molecule has 0 spiro atoms. The number of ether oxygens (including phenoxy) is 1. The second-order valence-electron chi connectivity index (χ2n) is 13.5. The molecule has 1 amide bonds. The number of methoxy groups -OCH3 is 1. The van der Waals surface area contributed by atoms with Crippen LogP contribution in [0.4, 0.5) is 4.39 Å². The Morgan fingerprint density at radius 3 is 2.48 bits per heavy atom. The van der Waals surface area contributed by atoms with Crippen LogP contribution >= 0.6 is 0 Å². The van der Waals surface area contributed by atoms with Crippen molar-refractivity contribution in [2.75, 3.05) is 46.4 Å². The summed E-state index contributed by atoms with van der Waals surface area (Å²) in [5, 5.41) is 0. The highest BCUT2D eigenvalue weighted by atomic mass is 19.1. The topological polar surface area (TPSA) is 53.3 Å². The minimum Gasteiger partial charge on any atom is -0.381 e. The number of amides is 1. The van der Waals surface area contributed by atoms with E-state index in [-0.39, 0.29) is 11.9 Å². The number of imidazole rings is 1. The van der Waals surface area contributed by atoms with Crippen molar-refractivity contribution < 1.29 is 13.9 Å². The minimum atomic E-state index is -0.400. The Bertz CT molecular complexity index is 1420. The molecule has 0 radical (unpaired) electrons. The zero-order valence-corrected chi connectivity index (χ0v) is 27.9. The van der Waals surface area contributed by atoms with Crippen LogP contribution in [0.2, 0.25) is 0 Å². The average Bonchev–Trinajstić information content (AvgIpc) is 3.36. The van der Waals surface area contributed by atoms with Crippen molar-refractivity contribution >= 4 is 11.4 Å². The van der Waals surface area contributed by atoms with E-state index in [0.717, 1.165) is 61.5 Å². The zero-order chi connectivity index (χ0) is 31.5. The molecular formula is C36H52FN5O2. The van der Waals surface area contributed by atoms with Gasteiger partial charge in [-0.2, -0.15) is 0 Å². The van der Waals surface area contributed by atoms with Gasteiger partial charge < -0.3 is 18.9 Å². The SMILES string of the molecule is CCN(C(=O)c1cc(F)ccc1-c1cc(C2CN([C@H](CCCN3CCC(OC)CC3)C(C)C)C2)cn2c(C)ncc12)C(C)C. The zero-order valence-electron chi connectivity index (χ0n) is 27.9. The third-order valence-corrected chi connectivity index (χ3v) is 10.0. The van der Waals surface area contributed by atoms with Gasteiger partial charge in [-0.05, 0) is 95.2 Å². The summed E-state index contributed by atoms with van der Waals surface area (Å²) in [6.07, 6.45) is 9.23. The second-order valence-corrected chi connectivity index (χ2v) is 13.5. The smallest absolute Gasteiger partial charge is 0.254 e. The number of aryl methyl sites for hydroxylation is 1. The molecule has 44 heavy (non-hydrogen) atoms. The van der Waals surface area contributed by atoms with Gasteiger partial charge in [0.15, 0.2) is 0 Å². The molecule has 2 aliphatic rings. The normalized spacial score (nSPS) is 18.0. The van der Waals surface area contributed by atoms with Crippen molar-refractivity contribution in [1.29, 1.82) is 0 Å². The van der Waals surface area contributed by atoms with Crippen LogP contribution < -0.4 is 0 Å². The van der Waals surface area contributed by atoms with E-state index in [1.165, 1.54) is 37.1 Å². The lowest BCUT2D eigenvalue weighted by Gasteiger charge is -2.46. The number of fused-ring (bicyclic) bond motifs is 1. The number of carbonyl (C=O) groups is 1. The van der Waals surface area contributed by atoms with Gasteiger partial charge in [0.05, 0.1) is 23.4 Å². The molecule has 0 N–H and O–H groups in total. The lowest BCUT2D eigenvalue weighted by Crippen LogP contribution is -2.52. The Kier molecular flexibility index (Phi) is 10.4. The van der Waals surface area contributed by atoms with Gasteiger partial charge in [0.2, 0.25) is 0 Å². The van der Waals surface area contributed by atoms with Crippen molar-refractivity contribution in [1.82, 2.24) is 24.1 Å². The Morgan fingerprint density at radius 2 is 1.84 bits per heavy atom. The lowest BCUT2D eigenvalue weighted by molar-refractivity contribution is 0.0356. The number of carbonyl (C=O) groups excluding carboxylic acids is 1. The number of hydrogen-bond donors (Lipinski definition) is 0. The number of halogens is 1. The summed E-state index contributed by atoms with van der Waals surface area (Å²) in [7, 11) is 1.83. The van der Waals surface area contributed by atoms with Crippen LogP contribution in [-0.2, 0) is 4.74 Å². The van der Waals surface area contributed by atoms with Gasteiger partial charge >= 0.3 is 0 Å². The molecule has 5 rings (SSSR count). The van der Waals surface area contributed by atoms with Gasteiger partial charge in [-0.15, -0.1) is 0 Å². The van der Waals surface area contributed by atoms with Crippen molar-refractivity contribution in [3.63, 3.8) is 0 Å². The van der Waals surface area contributed by atoms with Gasteiger partial charge in [-0.3, -0.25) is 9.69 Å². The first kappa shape index (κ1) is 32.6. The average molecular weight is 606 g/mol. The third kappa shape index (κ3) is 6.87. The summed E-state index contributed by atoms with van der Waals surface area (Å²) < 4.78 is 22.3. The molecule has 2 aromatic heterocycles. The highest BCUT2D eigenvalue weighted by molar-refractivity contribution is 6.03. The summed E-state index contributed by atoms with van der Waals surface area (Å²) in [5.41, 5.74) is 4.27. The van der Waals surface area contributed by atoms with Crippen LogP contribution in [0.25, 0.3) is 16.6 Å². The van der Waals surface area contributed by atoms with Crippen LogP contribution in [0, 0.1) is 18.7 Å². The van der Waals surface area contributed by atoms with E-state index in [2.05, 4.69) is 45.3 Å². The maximum Gasteiger partial charge on any atom is 0.254 e. The van der Waals surface area contributed by atoms with Crippen molar-refractivity contribution in [2.45, 2.75) is 91.3 Å². The van der Waals surface area contributed by atoms with E-state index in [0.29, 0.717) is 36.1 Å². The summed E-state index contributed by atoms with van der Waals surface area (Å²) >= 11 is 0. The lowest BCUT2D eigenvalue weighted by atomic mass is 9.85. The number of benzene rings is 1. The quantitative estimate of drug-likeness (QED) is 0.232. The van der Waals surface area contributed by atoms with Crippen LogP contribution in [0.3, 0.4) is 0 Å². The second kappa shape index (κ2) is 14.1. The van der Waals surface area contributed by atoms with Gasteiger partial charge in [-0.1, -0.05) is 19.9 Å². The van der Waals surface area contributed by atoms with Crippen molar-refractivity contribution in [2.24, 2.45) is 5.92 Å². The molecule has 0 saturated carbocycles. The summed E-state index contributed by atoms with van der Waals surface area (Å²) in [6, 6.07) is 7.43. The molecular weight excluding hydrogens is 553 g/mol. The van der Waals surface area contributed by atoms with E-state index in [1.807, 2.05) is 41.0 Å². The monoisotopic (exact) mass is 605 g/mol. The van der Waals surface area contributed by atoms with E-state index in [4.69, 9.17) is 4.74 Å². The molecule has 2 saturated heterocycles. The van der Waals surface area contributed by atoms with Crippen LogP contribution in [0.5, 0.6) is 0 Å². The molecule has 240 valence electrons. The number of nitrogens with zero attached hydrogens (tertiary/aromatic N) is 5. The molecule has 7 nitrogen and oxygen atoms in total. The molecule has 0 aliphatic carbocycles. The predicted octanol–water partition coefficient (Wildman–Crippen LogP) is 6.63. The van der Waals surface area contributed by atoms with E-state index >= 15 is 0 Å². The molecule has 3 aromatic rings. The number of aromatic nitrogens is 2. The molecule has 2 fully saturated rings. The number of pyridine rings is 1. The first-order chi connectivity index (χ1) is 21.1. The highest BCUT2D eigenvalue weighted by Crippen LogP contribution is 2.37. The maximum atomic E-state index is 14.6. The molecule has 4 heterocycles. The summed E-state index contributed by atoms with van der Waals surface area (Å²) in [5.74, 6) is 1.36. The van der Waals surface area contributed by atoms with Gasteiger partial charge in [0.1, 0.15) is 11.6 Å². The molecule has 2 aliphatic heterocycles. The van der Waals surface area contributed by atoms with Crippen LogP contribution in [0.1, 0.15) is 88.0 Å². The number of hydrogen-bond acceptors (Lipinski definition) is 5. The predicted molar refractivity (Wildman–Crippen MR) is 176 cm³/mol. The number of piperidine rings is 1. The Labute approximate surface area is 263 Å². The van der Waals surface area contributed by atoms with E-state index < -0.39 is 5.82 Å². The Hall–Kier alpha value is -2.81. The fourth-order valence-electron chi connectivity index (χ4n) is 7.33. The minimum absolute atomic E-state index is 0.0184. The Balaban J connectivity index is 1.35. The van der Waals surface area contributed by atoms with Crippen molar-refractivity contribution in [3.8, 4) is 11.1 Å². The fraction of sp³-hybridized carbons (Fsp3) is 0.611. The summed E-state index contributed by atoms with van der Waals surface area (Å²) in [4.78, 5) is 25.4. The summed E-state index contributed by atoms with van der Waals surface area (Å²) in [6.45, 7) is 18.7. The van der Waals surface area contributed by atoms with Crippen LogP contribution in [-0.4, -0.2) is 94.6 Å². The third-order valence-electron chi connectivity index (χ3n) is 10.0. The van der Waals surface area contributed by atoms with Crippen molar-refractivity contribution in [3.05, 3.63) is 59.4 Å². The van der Waals surface area contributed by atoms with E-state index in [9.17, 15) is 9.18 Å². The maximum absolute atomic E-state index is 14.6. The molecule has 1 atom stereocenters. The van der Waals surface area contributed by atoms with Gasteiger partial charge in [0, 0.05) is 69.6 Å². The molecule has 1 aromatic carbocycles.